The third-order valence-corrected chi connectivity index (χ3v) is 2.13. The highest BCUT2D eigenvalue weighted by molar-refractivity contribution is 6.30. The largest absolute Gasteiger partial charge is 0.467 e. The van der Waals surface area contributed by atoms with Crippen LogP contribution in [0.15, 0.2) is 24.3 Å². The number of halogens is 1. The van der Waals surface area contributed by atoms with Crippen molar-refractivity contribution in [2.45, 2.75) is 6.04 Å². The second-order valence-corrected chi connectivity index (χ2v) is 3.45. The number of ether oxygens (including phenoxy) is 1. The third kappa shape index (κ3) is 3.13. The van der Waals surface area contributed by atoms with Crippen molar-refractivity contribution in [3.05, 3.63) is 29.3 Å². The number of anilines is 1. The zero-order valence-electron chi connectivity index (χ0n) is 8.57. The smallest absolute Gasteiger partial charge is 0.338 e. The van der Waals surface area contributed by atoms with Gasteiger partial charge in [0.05, 0.1) is 7.11 Å². The van der Waals surface area contributed by atoms with Crippen LogP contribution in [0.3, 0.4) is 0 Å². The molecule has 0 aliphatic rings. The molecule has 0 radical (unpaired) electrons. The molecule has 0 bridgehead atoms. The molecule has 0 spiro atoms. The van der Waals surface area contributed by atoms with Gasteiger partial charge in [-0.1, -0.05) is 11.6 Å². The van der Waals surface area contributed by atoms with E-state index < -0.39 is 17.9 Å². The lowest BCUT2D eigenvalue weighted by Crippen LogP contribution is -2.42. The number of amides is 1. The van der Waals surface area contributed by atoms with E-state index in [1.54, 1.807) is 24.3 Å². The van der Waals surface area contributed by atoms with Crippen LogP contribution in [0.25, 0.3) is 0 Å². The minimum atomic E-state index is -1.20. The molecule has 0 heterocycles. The van der Waals surface area contributed by atoms with Crippen LogP contribution in [-0.4, -0.2) is 25.0 Å². The lowest BCUT2D eigenvalue weighted by Gasteiger charge is -2.14. The van der Waals surface area contributed by atoms with Gasteiger partial charge in [-0.15, -0.1) is 0 Å². The molecule has 1 amide bonds. The second-order valence-electron chi connectivity index (χ2n) is 3.01. The van der Waals surface area contributed by atoms with Crippen molar-refractivity contribution in [3.63, 3.8) is 0 Å². The lowest BCUT2D eigenvalue weighted by atomic mass is 10.2. The topological polar surface area (TPSA) is 81.4 Å². The normalized spacial score (nSPS) is 11.6. The van der Waals surface area contributed by atoms with E-state index in [4.69, 9.17) is 17.3 Å². The quantitative estimate of drug-likeness (QED) is 0.604. The van der Waals surface area contributed by atoms with Gasteiger partial charge in [0.15, 0.2) is 0 Å². The number of methoxy groups -OCH3 is 1. The van der Waals surface area contributed by atoms with Gasteiger partial charge in [0.2, 0.25) is 6.04 Å². The first kappa shape index (κ1) is 12.3. The van der Waals surface area contributed by atoms with Crippen molar-refractivity contribution in [3.8, 4) is 0 Å². The zero-order valence-corrected chi connectivity index (χ0v) is 9.32. The van der Waals surface area contributed by atoms with Gasteiger partial charge < -0.3 is 15.8 Å². The molecule has 0 saturated heterocycles. The maximum absolute atomic E-state index is 11.2. The summed E-state index contributed by atoms with van der Waals surface area (Å²) in [5.74, 6) is -1.54. The van der Waals surface area contributed by atoms with Crippen molar-refractivity contribution < 1.29 is 14.3 Å². The number of nitrogens with two attached hydrogens (primary N) is 1. The summed E-state index contributed by atoms with van der Waals surface area (Å²) in [6, 6.07) is 5.30. The minimum Gasteiger partial charge on any atom is -0.467 e. The van der Waals surface area contributed by atoms with E-state index in [0.717, 1.165) is 0 Å². The number of carbonyl (C=O) groups is 2. The van der Waals surface area contributed by atoms with Crippen LogP contribution in [-0.2, 0) is 14.3 Å². The Balaban J connectivity index is 2.80. The molecule has 0 aliphatic carbocycles. The number of hydrogen-bond donors (Lipinski definition) is 2. The number of nitrogens with one attached hydrogen (secondary N) is 1. The fraction of sp³-hybridized carbons (Fsp3) is 0.200. The fourth-order valence-corrected chi connectivity index (χ4v) is 1.20. The van der Waals surface area contributed by atoms with Crippen LogP contribution >= 0.6 is 11.6 Å². The number of primary amides is 1. The number of hydrogen-bond acceptors (Lipinski definition) is 4. The van der Waals surface area contributed by atoms with Crippen LogP contribution in [0.2, 0.25) is 5.02 Å². The molecule has 1 atom stereocenters. The summed E-state index contributed by atoms with van der Waals surface area (Å²) < 4.78 is 4.44. The molecule has 0 saturated carbocycles. The van der Waals surface area contributed by atoms with Gasteiger partial charge in [-0.3, -0.25) is 4.79 Å². The molecule has 1 unspecified atom stereocenters. The van der Waals surface area contributed by atoms with Crippen molar-refractivity contribution >= 4 is 29.2 Å². The van der Waals surface area contributed by atoms with Crippen LogP contribution in [0.4, 0.5) is 5.69 Å². The summed E-state index contributed by atoms with van der Waals surface area (Å²) in [5.41, 5.74) is 5.62. The molecule has 86 valence electrons. The predicted octanol–water partition coefficient (Wildman–Crippen LogP) is 0.779. The molecule has 5 nitrogen and oxygen atoms in total. The monoisotopic (exact) mass is 242 g/mol. The highest BCUT2D eigenvalue weighted by Crippen LogP contribution is 2.14. The van der Waals surface area contributed by atoms with E-state index in [0.29, 0.717) is 10.7 Å². The molecule has 6 heteroatoms. The maximum Gasteiger partial charge on any atom is 0.338 e. The van der Waals surface area contributed by atoms with Gasteiger partial charge in [0.1, 0.15) is 0 Å². The molecule has 1 rings (SSSR count). The van der Waals surface area contributed by atoms with E-state index in [2.05, 4.69) is 10.1 Å². The minimum absolute atomic E-state index is 0.554. The summed E-state index contributed by atoms with van der Waals surface area (Å²) in [6.45, 7) is 0. The predicted molar refractivity (Wildman–Crippen MR) is 60.1 cm³/mol. The Bertz CT molecular complexity index is 392. The first-order valence-corrected chi connectivity index (χ1v) is 4.81. The zero-order chi connectivity index (χ0) is 12.1. The van der Waals surface area contributed by atoms with E-state index in [9.17, 15) is 9.59 Å². The Morgan fingerprint density at radius 1 is 1.38 bits per heavy atom. The van der Waals surface area contributed by atoms with Crippen LogP contribution < -0.4 is 11.1 Å². The standard InChI is InChI=1S/C10H11ClN2O3/c1-16-10(15)8(9(12)14)13-7-4-2-6(11)3-5-7/h2-5,8,13H,1H3,(H2,12,14). The second kappa shape index (κ2) is 5.37. The fourth-order valence-electron chi connectivity index (χ4n) is 1.08. The summed E-state index contributed by atoms with van der Waals surface area (Å²) in [6.07, 6.45) is 0. The van der Waals surface area contributed by atoms with Crippen LogP contribution in [0, 0.1) is 0 Å². The first-order valence-electron chi connectivity index (χ1n) is 4.44. The van der Waals surface area contributed by atoms with Gasteiger partial charge in [-0.2, -0.15) is 0 Å². The Morgan fingerprint density at radius 2 is 1.94 bits per heavy atom. The molecular weight excluding hydrogens is 232 g/mol. The summed E-state index contributed by atoms with van der Waals surface area (Å²) in [7, 11) is 1.18. The Morgan fingerprint density at radius 3 is 2.38 bits per heavy atom. The highest BCUT2D eigenvalue weighted by atomic mass is 35.5. The van der Waals surface area contributed by atoms with E-state index >= 15 is 0 Å². The van der Waals surface area contributed by atoms with Gasteiger partial charge in [-0.25, -0.2) is 4.79 Å². The Labute approximate surface area is 97.5 Å². The average molecular weight is 243 g/mol. The maximum atomic E-state index is 11.2. The SMILES string of the molecule is COC(=O)C(Nc1ccc(Cl)cc1)C(N)=O. The molecule has 1 aromatic rings. The first-order chi connectivity index (χ1) is 7.54. The summed E-state index contributed by atoms with van der Waals surface area (Å²) in [5, 5.41) is 3.20. The lowest BCUT2D eigenvalue weighted by molar-refractivity contribution is -0.144. The Kier molecular flexibility index (Phi) is 4.13. The number of carbonyl (C=O) groups excluding carboxylic acids is 2. The number of esters is 1. The molecule has 0 aliphatic heterocycles. The van der Waals surface area contributed by atoms with E-state index in [1.165, 1.54) is 7.11 Å². The van der Waals surface area contributed by atoms with Crippen LogP contribution in [0.1, 0.15) is 0 Å². The van der Waals surface area contributed by atoms with Gasteiger partial charge in [0, 0.05) is 10.7 Å². The van der Waals surface area contributed by atoms with Crippen molar-refractivity contribution in [2.75, 3.05) is 12.4 Å². The van der Waals surface area contributed by atoms with Crippen molar-refractivity contribution in [1.29, 1.82) is 0 Å². The molecule has 16 heavy (non-hydrogen) atoms. The highest BCUT2D eigenvalue weighted by Gasteiger charge is 2.24. The molecular formula is C10H11ClN2O3. The van der Waals surface area contributed by atoms with E-state index in [-0.39, 0.29) is 0 Å². The number of benzene rings is 1. The van der Waals surface area contributed by atoms with Crippen molar-refractivity contribution in [1.82, 2.24) is 0 Å². The van der Waals surface area contributed by atoms with Gasteiger partial charge in [-0.05, 0) is 24.3 Å². The Hall–Kier alpha value is -1.75. The average Bonchev–Trinajstić information content (AvgIpc) is 2.27. The third-order valence-electron chi connectivity index (χ3n) is 1.88. The van der Waals surface area contributed by atoms with Gasteiger partial charge >= 0.3 is 5.97 Å². The molecule has 3 N–H and O–H groups in total. The summed E-state index contributed by atoms with van der Waals surface area (Å²) >= 11 is 5.69. The van der Waals surface area contributed by atoms with Gasteiger partial charge in [0.25, 0.3) is 5.91 Å². The van der Waals surface area contributed by atoms with Crippen molar-refractivity contribution in [2.24, 2.45) is 5.73 Å². The summed E-state index contributed by atoms with van der Waals surface area (Å²) in [4.78, 5) is 22.2. The van der Waals surface area contributed by atoms with E-state index in [1.807, 2.05) is 0 Å². The van der Waals surface area contributed by atoms with Crippen LogP contribution in [0.5, 0.6) is 0 Å². The molecule has 0 fully saturated rings. The number of rotatable bonds is 4. The molecule has 1 aromatic carbocycles. The molecule has 0 aromatic heterocycles.